The normalized spacial score (nSPS) is 13.0. The maximum Gasteiger partial charge on any atom is 0.328 e. The van der Waals surface area contributed by atoms with E-state index in [-0.39, 0.29) is 49.3 Å². The molecule has 2 atom stereocenters. The number of hydrogen-bond acceptors (Lipinski definition) is 7. The van der Waals surface area contributed by atoms with Gasteiger partial charge in [-0.25, -0.2) is 4.79 Å². The molecule has 2 N–H and O–H groups in total. The lowest BCUT2D eigenvalue weighted by molar-refractivity contribution is -0.150. The van der Waals surface area contributed by atoms with Crippen LogP contribution in [0.4, 0.5) is 0 Å². The van der Waals surface area contributed by atoms with Crippen molar-refractivity contribution in [2.24, 2.45) is 11.8 Å². The van der Waals surface area contributed by atoms with Crippen molar-refractivity contribution >= 4 is 23.6 Å². The molecule has 0 heterocycles. The van der Waals surface area contributed by atoms with E-state index in [0.717, 1.165) is 0 Å². The molecule has 0 aliphatic heterocycles. The summed E-state index contributed by atoms with van der Waals surface area (Å²) < 4.78 is 10.5. The molecule has 0 fully saturated rings. The van der Waals surface area contributed by atoms with Crippen molar-refractivity contribution in [3.8, 4) is 0 Å². The highest BCUT2D eigenvalue weighted by Gasteiger charge is 2.23. The standard InChI is InChI=1S/C23H42N2O6/c1-16(2)14-19(24-6)22(28)30-12-9-13-31-23(29)20(15-17(3)4)25-21(27)11-8-7-10-18(5)26/h16-17,19-20,24H,7-15H2,1-6H3,(H,25,27). The molecule has 0 aromatic carbocycles. The Morgan fingerprint density at radius 3 is 1.71 bits per heavy atom. The lowest BCUT2D eigenvalue weighted by Crippen LogP contribution is -2.42. The predicted octanol–water partition coefficient (Wildman–Crippen LogP) is 2.78. The fraction of sp³-hybridized carbons (Fsp3) is 0.826. The average molecular weight is 443 g/mol. The van der Waals surface area contributed by atoms with Crippen molar-refractivity contribution < 1.29 is 28.7 Å². The highest BCUT2D eigenvalue weighted by Crippen LogP contribution is 2.09. The summed E-state index contributed by atoms with van der Waals surface area (Å²) in [6.45, 7) is 9.82. The Bertz CT molecular complexity index is 562. The van der Waals surface area contributed by atoms with Crippen LogP contribution in [0.1, 0.15) is 79.6 Å². The lowest BCUT2D eigenvalue weighted by Gasteiger charge is -2.20. The number of hydrogen-bond donors (Lipinski definition) is 2. The number of unbranched alkanes of at least 4 members (excludes halogenated alkanes) is 1. The van der Waals surface area contributed by atoms with Gasteiger partial charge in [0.2, 0.25) is 5.91 Å². The Labute approximate surface area is 187 Å². The first-order valence-corrected chi connectivity index (χ1v) is 11.4. The van der Waals surface area contributed by atoms with Crippen LogP contribution in [0.25, 0.3) is 0 Å². The van der Waals surface area contributed by atoms with E-state index in [1.54, 1.807) is 7.05 Å². The molecular weight excluding hydrogens is 400 g/mol. The zero-order valence-electron chi connectivity index (χ0n) is 20.1. The van der Waals surface area contributed by atoms with E-state index in [1.807, 2.05) is 27.7 Å². The third-order valence-electron chi connectivity index (χ3n) is 4.63. The first-order chi connectivity index (χ1) is 14.6. The molecule has 8 heteroatoms. The van der Waals surface area contributed by atoms with Gasteiger partial charge in [-0.2, -0.15) is 0 Å². The predicted molar refractivity (Wildman–Crippen MR) is 119 cm³/mol. The molecule has 0 aliphatic carbocycles. The van der Waals surface area contributed by atoms with E-state index in [0.29, 0.717) is 44.4 Å². The second-order valence-corrected chi connectivity index (χ2v) is 8.82. The van der Waals surface area contributed by atoms with Crippen molar-refractivity contribution in [1.82, 2.24) is 10.6 Å². The molecule has 8 nitrogen and oxygen atoms in total. The van der Waals surface area contributed by atoms with Crippen molar-refractivity contribution in [3.05, 3.63) is 0 Å². The Kier molecular flexibility index (Phi) is 15.6. The second kappa shape index (κ2) is 16.7. The number of carbonyl (C=O) groups is 4. The van der Waals surface area contributed by atoms with Crippen LogP contribution in [0.2, 0.25) is 0 Å². The molecule has 2 unspecified atom stereocenters. The number of amides is 1. The Morgan fingerprint density at radius 1 is 0.742 bits per heavy atom. The Balaban J connectivity index is 4.33. The van der Waals surface area contributed by atoms with Gasteiger partial charge in [0.25, 0.3) is 0 Å². The summed E-state index contributed by atoms with van der Waals surface area (Å²) in [5.74, 6) is -0.330. The third kappa shape index (κ3) is 15.5. The first kappa shape index (κ1) is 29.0. The zero-order chi connectivity index (χ0) is 23.8. The smallest absolute Gasteiger partial charge is 0.328 e. The summed E-state index contributed by atoms with van der Waals surface area (Å²) in [4.78, 5) is 47.5. The van der Waals surface area contributed by atoms with Crippen LogP contribution in [0.15, 0.2) is 0 Å². The minimum absolute atomic E-state index is 0.105. The Morgan fingerprint density at radius 2 is 1.23 bits per heavy atom. The summed E-state index contributed by atoms with van der Waals surface area (Å²) in [7, 11) is 1.72. The maximum absolute atomic E-state index is 12.4. The highest BCUT2D eigenvalue weighted by molar-refractivity contribution is 5.84. The lowest BCUT2D eigenvalue weighted by atomic mass is 10.0. The molecule has 0 spiro atoms. The Hall–Kier alpha value is -1.96. The van der Waals surface area contributed by atoms with Gasteiger partial charge < -0.3 is 24.9 Å². The molecular formula is C23H42N2O6. The number of Topliss-reactive ketones (excluding diaryl/α,β-unsaturated/α-hetero) is 1. The van der Waals surface area contributed by atoms with Crippen LogP contribution < -0.4 is 10.6 Å². The molecule has 31 heavy (non-hydrogen) atoms. The topological polar surface area (TPSA) is 111 Å². The number of carbonyl (C=O) groups excluding carboxylic acids is 4. The van der Waals surface area contributed by atoms with Gasteiger partial charge in [-0.1, -0.05) is 27.7 Å². The SMILES string of the molecule is CNC(CC(C)C)C(=O)OCCCOC(=O)C(CC(C)C)NC(=O)CCCCC(C)=O. The van der Waals surface area contributed by atoms with Crippen molar-refractivity contribution in [2.45, 2.75) is 91.6 Å². The third-order valence-corrected chi connectivity index (χ3v) is 4.63. The van der Waals surface area contributed by atoms with Gasteiger partial charge in [-0.05, 0) is 51.5 Å². The van der Waals surface area contributed by atoms with Crippen molar-refractivity contribution in [2.75, 3.05) is 20.3 Å². The van der Waals surface area contributed by atoms with Gasteiger partial charge in [0.05, 0.1) is 13.2 Å². The number of rotatable bonds is 17. The van der Waals surface area contributed by atoms with E-state index < -0.39 is 12.0 Å². The molecule has 0 aromatic rings. The molecule has 0 aliphatic rings. The maximum atomic E-state index is 12.4. The second-order valence-electron chi connectivity index (χ2n) is 8.82. The number of ketones is 1. The average Bonchev–Trinajstić information content (AvgIpc) is 2.67. The van der Waals surface area contributed by atoms with Gasteiger partial charge in [-0.3, -0.25) is 9.59 Å². The van der Waals surface area contributed by atoms with E-state index in [4.69, 9.17) is 9.47 Å². The van der Waals surface area contributed by atoms with Crippen LogP contribution in [0.3, 0.4) is 0 Å². The molecule has 0 bridgehead atoms. The summed E-state index contributed by atoms with van der Waals surface area (Å²) in [5, 5.41) is 5.69. The summed E-state index contributed by atoms with van der Waals surface area (Å²) in [6.07, 6.45) is 3.55. The number of ether oxygens (including phenoxy) is 2. The van der Waals surface area contributed by atoms with E-state index in [2.05, 4.69) is 10.6 Å². The number of nitrogens with one attached hydrogen (secondary N) is 2. The van der Waals surface area contributed by atoms with Gasteiger partial charge in [0.1, 0.15) is 17.9 Å². The zero-order valence-corrected chi connectivity index (χ0v) is 20.1. The summed E-state index contributed by atoms with van der Waals surface area (Å²) in [6, 6.07) is -1.05. The van der Waals surface area contributed by atoms with Crippen LogP contribution in [0, 0.1) is 11.8 Å². The first-order valence-electron chi connectivity index (χ1n) is 11.4. The molecule has 0 radical (unpaired) electrons. The van der Waals surface area contributed by atoms with Crippen molar-refractivity contribution in [3.63, 3.8) is 0 Å². The fourth-order valence-corrected chi connectivity index (χ4v) is 3.02. The highest BCUT2D eigenvalue weighted by atomic mass is 16.5. The minimum atomic E-state index is -0.706. The van der Waals surface area contributed by atoms with Gasteiger partial charge in [-0.15, -0.1) is 0 Å². The largest absolute Gasteiger partial charge is 0.464 e. The van der Waals surface area contributed by atoms with E-state index in [1.165, 1.54) is 6.92 Å². The monoisotopic (exact) mass is 442 g/mol. The molecule has 0 saturated carbocycles. The fourth-order valence-electron chi connectivity index (χ4n) is 3.02. The van der Waals surface area contributed by atoms with Gasteiger partial charge in [0.15, 0.2) is 0 Å². The number of likely N-dealkylation sites (N-methyl/N-ethyl adjacent to an activating group) is 1. The van der Waals surface area contributed by atoms with Gasteiger partial charge in [0, 0.05) is 19.3 Å². The van der Waals surface area contributed by atoms with Crippen LogP contribution in [0.5, 0.6) is 0 Å². The van der Waals surface area contributed by atoms with Gasteiger partial charge >= 0.3 is 11.9 Å². The number of esters is 2. The molecule has 0 saturated heterocycles. The van der Waals surface area contributed by atoms with E-state index in [9.17, 15) is 19.2 Å². The molecule has 0 aromatic heterocycles. The van der Waals surface area contributed by atoms with Crippen LogP contribution in [-0.2, 0) is 28.7 Å². The van der Waals surface area contributed by atoms with E-state index >= 15 is 0 Å². The van der Waals surface area contributed by atoms with Crippen molar-refractivity contribution in [1.29, 1.82) is 0 Å². The molecule has 180 valence electrons. The minimum Gasteiger partial charge on any atom is -0.464 e. The molecule has 0 rings (SSSR count). The van der Waals surface area contributed by atoms with Crippen LogP contribution in [-0.4, -0.2) is 56.0 Å². The summed E-state index contributed by atoms with van der Waals surface area (Å²) in [5.41, 5.74) is 0. The quantitative estimate of drug-likeness (QED) is 0.263. The molecule has 1 amide bonds. The van der Waals surface area contributed by atoms with Crippen LogP contribution >= 0.6 is 0 Å². The summed E-state index contributed by atoms with van der Waals surface area (Å²) >= 11 is 0.